The fourth-order valence-corrected chi connectivity index (χ4v) is 1.12. The molecule has 0 aliphatic heterocycles. The molecule has 2 atom stereocenters. The van der Waals surface area contributed by atoms with Gasteiger partial charge < -0.3 is 19.8 Å². The zero-order valence-corrected chi connectivity index (χ0v) is 8.44. The monoisotopic (exact) mass is 178 g/mol. The number of quaternary nitrogens is 1. The molecule has 0 aliphatic carbocycles. The summed E-state index contributed by atoms with van der Waals surface area (Å²) in [4.78, 5) is 0. The smallest absolute Gasteiger partial charge is 0.210 e. The molecule has 0 fully saturated rings. The molecule has 0 saturated heterocycles. The number of hydrogen-bond donors (Lipinski definition) is 3. The number of likely N-dealkylation sites (N-methyl/N-ethyl adjacent to an activating group) is 1. The highest BCUT2D eigenvalue weighted by Gasteiger charge is 2.48. The minimum absolute atomic E-state index is 0.294. The molecule has 3 N–H and O–H groups in total. The van der Waals surface area contributed by atoms with Gasteiger partial charge in [0.15, 0.2) is 5.54 Å². The van der Waals surface area contributed by atoms with Crippen LogP contribution in [0.3, 0.4) is 0 Å². The fourth-order valence-electron chi connectivity index (χ4n) is 1.12. The van der Waals surface area contributed by atoms with Gasteiger partial charge in [0, 0.05) is 0 Å². The van der Waals surface area contributed by atoms with Crippen molar-refractivity contribution in [1.82, 2.24) is 0 Å². The van der Waals surface area contributed by atoms with Crippen molar-refractivity contribution in [3.63, 3.8) is 0 Å². The van der Waals surface area contributed by atoms with Gasteiger partial charge in [-0.3, -0.25) is 0 Å². The Morgan fingerprint density at radius 3 is 1.42 bits per heavy atom. The van der Waals surface area contributed by atoms with Gasteiger partial charge >= 0.3 is 0 Å². The zero-order valence-electron chi connectivity index (χ0n) is 8.44. The summed E-state index contributed by atoms with van der Waals surface area (Å²) >= 11 is 0. The number of hydrogen-bond acceptors (Lipinski definition) is 3. The van der Waals surface area contributed by atoms with Gasteiger partial charge in [0.05, 0.1) is 21.1 Å². The first-order valence-electron chi connectivity index (χ1n) is 3.99. The molecule has 74 valence electrons. The highest BCUT2D eigenvalue weighted by atomic mass is 16.5. The minimum Gasteiger partial charge on any atom is -0.387 e. The molecule has 0 rings (SSSR count). The van der Waals surface area contributed by atoms with Crippen molar-refractivity contribution in [2.45, 2.75) is 31.8 Å². The molecule has 0 spiro atoms. The minimum atomic E-state index is -1.53. The van der Waals surface area contributed by atoms with E-state index in [4.69, 9.17) is 10.2 Å². The number of aliphatic hydroxyl groups excluding tert-OH is 2. The average Bonchev–Trinajstić information content (AvgIpc) is 1.82. The van der Waals surface area contributed by atoms with Crippen LogP contribution in [0.15, 0.2) is 0 Å². The van der Waals surface area contributed by atoms with Gasteiger partial charge in [-0.05, 0) is 13.8 Å². The van der Waals surface area contributed by atoms with Crippen LogP contribution in [0.5, 0.6) is 0 Å². The van der Waals surface area contributed by atoms with E-state index in [1.54, 1.807) is 13.8 Å². The second-order valence-electron chi connectivity index (χ2n) is 4.29. The Balaban J connectivity index is 4.89. The molecule has 4 nitrogen and oxygen atoms in total. The SMILES string of the molecule is CC(O)C(C)(C(O)O)[N+](C)(C)C. The van der Waals surface area contributed by atoms with E-state index in [9.17, 15) is 5.11 Å². The van der Waals surface area contributed by atoms with Crippen LogP contribution in [-0.4, -0.2) is 58.9 Å². The Kier molecular flexibility index (Phi) is 3.25. The molecule has 0 aliphatic rings. The summed E-state index contributed by atoms with van der Waals surface area (Å²) in [6, 6.07) is 0. The predicted molar refractivity (Wildman–Crippen MR) is 46.3 cm³/mol. The maximum absolute atomic E-state index is 9.44. The molecular weight excluding hydrogens is 158 g/mol. The van der Waals surface area contributed by atoms with Crippen LogP contribution in [-0.2, 0) is 0 Å². The maximum atomic E-state index is 9.44. The van der Waals surface area contributed by atoms with Gasteiger partial charge in [-0.2, -0.15) is 0 Å². The van der Waals surface area contributed by atoms with E-state index >= 15 is 0 Å². The topological polar surface area (TPSA) is 60.7 Å². The van der Waals surface area contributed by atoms with Gasteiger partial charge in [0.2, 0.25) is 6.29 Å². The summed E-state index contributed by atoms with van der Waals surface area (Å²) in [5.41, 5.74) is -0.958. The van der Waals surface area contributed by atoms with E-state index in [-0.39, 0.29) is 0 Å². The maximum Gasteiger partial charge on any atom is 0.210 e. The van der Waals surface area contributed by atoms with Gasteiger partial charge in [-0.1, -0.05) is 0 Å². The summed E-state index contributed by atoms with van der Waals surface area (Å²) in [6.45, 7) is 3.20. The highest BCUT2D eigenvalue weighted by Crippen LogP contribution is 2.25. The van der Waals surface area contributed by atoms with Crippen molar-refractivity contribution in [2.24, 2.45) is 0 Å². The quantitative estimate of drug-likeness (QED) is 0.389. The Morgan fingerprint density at radius 2 is 1.42 bits per heavy atom. The molecule has 2 unspecified atom stereocenters. The molecule has 0 radical (unpaired) electrons. The molecule has 0 aromatic heterocycles. The van der Waals surface area contributed by atoms with E-state index < -0.39 is 17.9 Å². The van der Waals surface area contributed by atoms with Crippen LogP contribution >= 0.6 is 0 Å². The normalized spacial score (nSPS) is 20.8. The summed E-state index contributed by atoms with van der Waals surface area (Å²) in [5, 5.41) is 27.8. The molecular formula is C8H20NO3+. The first-order valence-corrected chi connectivity index (χ1v) is 3.99. The van der Waals surface area contributed by atoms with Crippen LogP contribution in [0.25, 0.3) is 0 Å². The molecule has 0 saturated carbocycles. The first kappa shape index (κ1) is 11.8. The number of rotatable bonds is 3. The largest absolute Gasteiger partial charge is 0.387 e. The second-order valence-corrected chi connectivity index (χ2v) is 4.29. The van der Waals surface area contributed by atoms with Crippen LogP contribution in [0.1, 0.15) is 13.8 Å². The van der Waals surface area contributed by atoms with E-state index in [1.165, 1.54) is 0 Å². The van der Waals surface area contributed by atoms with E-state index in [2.05, 4.69) is 0 Å². The number of aliphatic hydroxyl groups is 3. The standard InChI is InChI=1S/C8H20NO3/c1-6(10)8(2,7(11)12)9(3,4)5/h6-7,10-12H,1-5H3/q+1. The number of nitrogens with zero attached hydrogens (tertiary/aromatic N) is 1. The lowest BCUT2D eigenvalue weighted by atomic mass is 9.91. The Bertz CT molecular complexity index is 141. The lowest BCUT2D eigenvalue weighted by Crippen LogP contribution is -2.67. The molecule has 0 heterocycles. The summed E-state index contributed by atoms with van der Waals surface area (Å²) in [6.07, 6.45) is -2.31. The molecule has 12 heavy (non-hydrogen) atoms. The van der Waals surface area contributed by atoms with Crippen molar-refractivity contribution in [1.29, 1.82) is 0 Å². The fraction of sp³-hybridized carbons (Fsp3) is 1.00. The zero-order chi connectivity index (χ0) is 10.2. The molecule has 0 amide bonds. The Hall–Kier alpha value is -0.160. The van der Waals surface area contributed by atoms with E-state index in [1.807, 2.05) is 21.1 Å². The van der Waals surface area contributed by atoms with Crippen molar-refractivity contribution < 1.29 is 19.8 Å². The van der Waals surface area contributed by atoms with Crippen molar-refractivity contribution >= 4 is 0 Å². The first-order chi connectivity index (χ1) is 5.14. The molecule has 0 aromatic carbocycles. The third-order valence-corrected chi connectivity index (χ3v) is 2.81. The van der Waals surface area contributed by atoms with Crippen LogP contribution < -0.4 is 0 Å². The van der Waals surface area contributed by atoms with Crippen molar-refractivity contribution in [2.75, 3.05) is 21.1 Å². The molecule has 4 heteroatoms. The van der Waals surface area contributed by atoms with Gasteiger partial charge in [-0.25, -0.2) is 0 Å². The van der Waals surface area contributed by atoms with E-state index in [0.717, 1.165) is 0 Å². The van der Waals surface area contributed by atoms with E-state index in [0.29, 0.717) is 4.48 Å². The third-order valence-electron chi connectivity index (χ3n) is 2.81. The highest BCUT2D eigenvalue weighted by molar-refractivity contribution is 4.83. The lowest BCUT2D eigenvalue weighted by molar-refractivity contribution is -0.934. The predicted octanol–water partition coefficient (Wildman–Crippen LogP) is -0.857. The second kappa shape index (κ2) is 3.30. The Morgan fingerprint density at radius 1 is 1.08 bits per heavy atom. The Labute approximate surface area is 73.6 Å². The summed E-state index contributed by atoms with van der Waals surface area (Å²) in [5.74, 6) is 0. The van der Waals surface area contributed by atoms with Crippen molar-refractivity contribution in [3.8, 4) is 0 Å². The third kappa shape index (κ3) is 1.77. The van der Waals surface area contributed by atoms with Gasteiger partial charge in [0.25, 0.3) is 0 Å². The molecule has 0 bridgehead atoms. The van der Waals surface area contributed by atoms with Crippen LogP contribution in [0.4, 0.5) is 0 Å². The lowest BCUT2D eigenvalue weighted by Gasteiger charge is -2.46. The van der Waals surface area contributed by atoms with Gasteiger partial charge in [0.1, 0.15) is 6.10 Å². The van der Waals surface area contributed by atoms with Crippen molar-refractivity contribution in [3.05, 3.63) is 0 Å². The van der Waals surface area contributed by atoms with Crippen LogP contribution in [0, 0.1) is 0 Å². The average molecular weight is 178 g/mol. The van der Waals surface area contributed by atoms with Crippen LogP contribution in [0.2, 0.25) is 0 Å². The summed E-state index contributed by atoms with van der Waals surface area (Å²) < 4.78 is 0.294. The van der Waals surface area contributed by atoms with Gasteiger partial charge in [-0.15, -0.1) is 0 Å². The summed E-state index contributed by atoms with van der Waals surface area (Å²) in [7, 11) is 5.44. The molecule has 0 aromatic rings.